The molecule has 0 atom stereocenters. The van der Waals surface area contributed by atoms with Crippen molar-refractivity contribution in [1.29, 1.82) is 0 Å². The fourth-order valence-corrected chi connectivity index (χ4v) is 4.15. The number of pyridine rings is 2. The summed E-state index contributed by atoms with van der Waals surface area (Å²) in [7, 11) is 0. The van der Waals surface area contributed by atoms with Crippen molar-refractivity contribution in [2.45, 2.75) is 27.3 Å². The zero-order valence-corrected chi connectivity index (χ0v) is 19.8. The van der Waals surface area contributed by atoms with Crippen LogP contribution in [0.3, 0.4) is 0 Å². The number of aliphatic hydroxyl groups is 1. The van der Waals surface area contributed by atoms with Gasteiger partial charge in [0.1, 0.15) is 5.82 Å². The third kappa shape index (κ3) is 4.30. The second-order valence-electron chi connectivity index (χ2n) is 9.56. The summed E-state index contributed by atoms with van der Waals surface area (Å²) < 4.78 is 2.00. The topological polar surface area (TPSA) is 75.3 Å². The molecule has 0 spiro atoms. The molecule has 2 N–H and O–H groups in total. The Morgan fingerprint density at radius 1 is 0.941 bits per heavy atom. The number of hydrogen-bond acceptors (Lipinski definition) is 5. The van der Waals surface area contributed by atoms with E-state index in [-0.39, 0.29) is 12.0 Å². The molecular weight excluding hydrogens is 422 g/mol. The van der Waals surface area contributed by atoms with Gasteiger partial charge in [0.15, 0.2) is 5.65 Å². The lowest BCUT2D eigenvalue weighted by atomic mass is 9.95. The molecule has 0 aliphatic carbocycles. The van der Waals surface area contributed by atoms with Crippen LogP contribution in [-0.2, 0) is 6.54 Å². The molecule has 5 rings (SSSR count). The summed E-state index contributed by atoms with van der Waals surface area (Å²) in [5.41, 5.74) is 6.97. The summed E-state index contributed by atoms with van der Waals surface area (Å²) in [5.74, 6) is 0.855. The van der Waals surface area contributed by atoms with Gasteiger partial charge in [0.2, 0.25) is 0 Å². The molecule has 5 aromatic rings. The summed E-state index contributed by atoms with van der Waals surface area (Å²) in [5, 5.41) is 22.5. The molecule has 172 valence electrons. The van der Waals surface area contributed by atoms with Crippen molar-refractivity contribution in [3.8, 4) is 22.4 Å². The number of aliphatic hydroxyl groups excluding tert-OH is 1. The molecule has 34 heavy (non-hydrogen) atoms. The lowest BCUT2D eigenvalue weighted by molar-refractivity contribution is 0.156. The molecule has 6 nitrogen and oxygen atoms in total. The molecule has 6 heteroatoms. The normalized spacial score (nSPS) is 12.0. The fraction of sp³-hybridized carbons (Fsp3) is 0.250. The summed E-state index contributed by atoms with van der Waals surface area (Å²) >= 11 is 0. The lowest BCUT2D eigenvalue weighted by Gasteiger charge is -2.22. The highest BCUT2D eigenvalue weighted by Crippen LogP contribution is 2.34. The van der Waals surface area contributed by atoms with E-state index in [1.807, 2.05) is 55.6 Å². The largest absolute Gasteiger partial charge is 0.396 e. The van der Waals surface area contributed by atoms with Crippen molar-refractivity contribution >= 4 is 16.6 Å². The van der Waals surface area contributed by atoms with E-state index in [1.165, 1.54) is 5.56 Å². The standard InChI is InChI=1S/C28H29N5O/c1-19-31-32-27-24-15-23(21-7-5-4-6-8-21)26(30-25(24)13-14-33(19)27)22-11-9-20(10-12-22)16-29-17-28(2,3)18-34/h4-15,29,34H,16-18H2,1-3H3. The van der Waals surface area contributed by atoms with Gasteiger partial charge in [-0.15, -0.1) is 10.2 Å². The first-order chi connectivity index (χ1) is 16.4. The quantitative estimate of drug-likeness (QED) is 0.363. The molecule has 3 aromatic heterocycles. The molecule has 2 aromatic carbocycles. The zero-order chi connectivity index (χ0) is 23.7. The average molecular weight is 452 g/mol. The number of rotatable bonds is 7. The molecule has 0 fully saturated rings. The summed E-state index contributed by atoms with van der Waals surface area (Å²) in [6.45, 7) is 7.72. The highest BCUT2D eigenvalue weighted by atomic mass is 16.3. The van der Waals surface area contributed by atoms with Crippen LogP contribution in [0.25, 0.3) is 38.9 Å². The smallest absolute Gasteiger partial charge is 0.170 e. The molecular formula is C28H29N5O. The monoisotopic (exact) mass is 451 g/mol. The molecule has 0 radical (unpaired) electrons. The van der Waals surface area contributed by atoms with Gasteiger partial charge in [-0.2, -0.15) is 0 Å². The molecule has 0 amide bonds. The van der Waals surface area contributed by atoms with Crippen LogP contribution >= 0.6 is 0 Å². The van der Waals surface area contributed by atoms with Gasteiger partial charge in [0.25, 0.3) is 0 Å². The number of nitrogens with zero attached hydrogens (tertiary/aromatic N) is 4. The minimum atomic E-state index is -0.131. The van der Waals surface area contributed by atoms with E-state index in [2.05, 4.69) is 58.0 Å². The predicted molar refractivity (Wildman–Crippen MR) is 136 cm³/mol. The second kappa shape index (κ2) is 8.97. The van der Waals surface area contributed by atoms with Crippen LogP contribution in [-0.4, -0.2) is 37.8 Å². The summed E-state index contributed by atoms with van der Waals surface area (Å²) in [6, 6.07) is 23.1. The number of fused-ring (bicyclic) bond motifs is 3. The zero-order valence-electron chi connectivity index (χ0n) is 19.8. The number of hydrogen-bond donors (Lipinski definition) is 2. The summed E-state index contributed by atoms with van der Waals surface area (Å²) in [4.78, 5) is 5.09. The van der Waals surface area contributed by atoms with E-state index < -0.39 is 0 Å². The van der Waals surface area contributed by atoms with E-state index in [1.54, 1.807) is 0 Å². The Bertz CT molecular complexity index is 1440. The van der Waals surface area contributed by atoms with Crippen LogP contribution in [0.2, 0.25) is 0 Å². The van der Waals surface area contributed by atoms with Crippen molar-refractivity contribution in [2.24, 2.45) is 5.41 Å². The van der Waals surface area contributed by atoms with Crippen LogP contribution < -0.4 is 5.32 Å². The number of aryl methyl sites for hydroxylation is 1. The van der Waals surface area contributed by atoms with Crippen molar-refractivity contribution in [2.75, 3.05) is 13.2 Å². The van der Waals surface area contributed by atoms with Gasteiger partial charge in [-0.05, 0) is 30.2 Å². The van der Waals surface area contributed by atoms with Crippen molar-refractivity contribution < 1.29 is 5.11 Å². The summed E-state index contributed by atoms with van der Waals surface area (Å²) in [6.07, 6.45) is 1.98. The van der Waals surface area contributed by atoms with E-state index in [9.17, 15) is 5.11 Å². The van der Waals surface area contributed by atoms with Gasteiger partial charge < -0.3 is 10.4 Å². The van der Waals surface area contributed by atoms with Crippen LogP contribution in [0.4, 0.5) is 0 Å². The van der Waals surface area contributed by atoms with Crippen LogP contribution in [0, 0.1) is 12.3 Å². The molecule has 0 aliphatic heterocycles. The maximum atomic E-state index is 9.45. The van der Waals surface area contributed by atoms with Gasteiger partial charge in [-0.1, -0.05) is 68.4 Å². The van der Waals surface area contributed by atoms with Gasteiger partial charge in [-0.25, -0.2) is 4.98 Å². The minimum absolute atomic E-state index is 0.131. The Labute approximate surface area is 199 Å². The van der Waals surface area contributed by atoms with E-state index in [0.717, 1.165) is 57.8 Å². The van der Waals surface area contributed by atoms with Crippen LogP contribution in [0.1, 0.15) is 25.2 Å². The maximum absolute atomic E-state index is 9.45. The average Bonchev–Trinajstić information content (AvgIpc) is 3.25. The second-order valence-corrected chi connectivity index (χ2v) is 9.56. The highest BCUT2D eigenvalue weighted by Gasteiger charge is 2.16. The molecule has 0 aliphatic rings. The maximum Gasteiger partial charge on any atom is 0.170 e. The Kier molecular flexibility index (Phi) is 5.86. The van der Waals surface area contributed by atoms with E-state index >= 15 is 0 Å². The lowest BCUT2D eigenvalue weighted by Crippen LogP contribution is -2.31. The fourth-order valence-electron chi connectivity index (χ4n) is 4.15. The van der Waals surface area contributed by atoms with Gasteiger partial charge in [-0.3, -0.25) is 4.40 Å². The highest BCUT2D eigenvalue weighted by molar-refractivity contribution is 5.98. The first-order valence-electron chi connectivity index (χ1n) is 11.6. The van der Waals surface area contributed by atoms with Crippen molar-refractivity contribution in [1.82, 2.24) is 24.9 Å². The van der Waals surface area contributed by atoms with E-state index in [0.29, 0.717) is 0 Å². The Morgan fingerprint density at radius 3 is 2.44 bits per heavy atom. The van der Waals surface area contributed by atoms with Gasteiger partial charge in [0, 0.05) is 47.8 Å². The number of aromatic nitrogens is 4. The van der Waals surface area contributed by atoms with Crippen molar-refractivity contribution in [3.63, 3.8) is 0 Å². The van der Waals surface area contributed by atoms with Crippen LogP contribution in [0.15, 0.2) is 72.9 Å². The molecule has 0 saturated heterocycles. The Balaban J connectivity index is 1.55. The number of nitrogens with one attached hydrogen (secondary N) is 1. The molecule has 0 bridgehead atoms. The first-order valence-corrected chi connectivity index (χ1v) is 11.6. The third-order valence-electron chi connectivity index (χ3n) is 6.21. The Hall–Kier alpha value is -3.61. The van der Waals surface area contributed by atoms with Gasteiger partial charge >= 0.3 is 0 Å². The Morgan fingerprint density at radius 2 is 1.71 bits per heavy atom. The number of benzene rings is 2. The van der Waals surface area contributed by atoms with E-state index in [4.69, 9.17) is 4.98 Å². The SMILES string of the molecule is Cc1nnc2c3cc(-c4ccccc4)c(-c4ccc(CNCC(C)(C)CO)cc4)nc3ccn12. The van der Waals surface area contributed by atoms with Crippen LogP contribution in [0.5, 0.6) is 0 Å². The van der Waals surface area contributed by atoms with Gasteiger partial charge in [0.05, 0.1) is 11.2 Å². The molecule has 3 heterocycles. The minimum Gasteiger partial charge on any atom is -0.396 e. The third-order valence-corrected chi connectivity index (χ3v) is 6.21. The molecule has 0 unspecified atom stereocenters. The predicted octanol–water partition coefficient (Wildman–Crippen LogP) is 5.03. The molecule has 0 saturated carbocycles. The van der Waals surface area contributed by atoms with Crippen molar-refractivity contribution in [3.05, 3.63) is 84.3 Å². The first kappa shape index (κ1) is 22.2.